The number of nitrogens with zero attached hydrogens (tertiary/aromatic N) is 2. The molecule has 0 fully saturated rings. The van der Waals surface area contributed by atoms with E-state index >= 15 is 0 Å². The van der Waals surface area contributed by atoms with Crippen LogP contribution in [0.3, 0.4) is 0 Å². The van der Waals surface area contributed by atoms with E-state index in [-0.39, 0.29) is 5.02 Å². The largest absolute Gasteiger partial charge is 0.396 e. The number of fused-ring (bicyclic) bond motifs is 1. The Labute approximate surface area is 113 Å². The third kappa shape index (κ3) is 2.02. The Hall–Kier alpha value is -1.15. The molecule has 0 aliphatic carbocycles. The molecule has 1 heterocycles. The number of nitriles is 1. The van der Waals surface area contributed by atoms with Gasteiger partial charge in [0.25, 0.3) is 0 Å². The summed E-state index contributed by atoms with van der Waals surface area (Å²) in [5, 5.41) is 12.1. The maximum absolute atomic E-state index is 8.78. The Kier molecular flexibility index (Phi) is 3.34. The van der Waals surface area contributed by atoms with Crippen molar-refractivity contribution in [1.82, 2.24) is 4.98 Å². The first kappa shape index (κ1) is 12.3. The maximum Gasteiger partial charge on any atom is 0.138 e. The predicted molar refractivity (Wildman–Crippen MR) is 72.4 cm³/mol. The lowest BCUT2D eigenvalue weighted by atomic mass is 10.1. The fraction of sp³-hybridized carbons (Fsp3) is 0.0909. The molecular formula is C11H7Cl2N3S. The third-order valence-electron chi connectivity index (χ3n) is 2.31. The number of benzene rings is 1. The molecule has 0 saturated carbocycles. The van der Waals surface area contributed by atoms with Crippen molar-refractivity contribution in [3.8, 4) is 5.40 Å². The van der Waals surface area contributed by atoms with E-state index in [4.69, 9.17) is 34.2 Å². The van der Waals surface area contributed by atoms with Crippen LogP contribution in [0.5, 0.6) is 0 Å². The molecule has 86 valence electrons. The molecule has 2 aromatic rings. The average Bonchev–Trinajstić information content (AvgIpc) is 2.32. The van der Waals surface area contributed by atoms with Crippen LogP contribution in [0.2, 0.25) is 10.0 Å². The molecule has 0 aliphatic rings. The number of anilines is 1. The third-order valence-corrected chi connectivity index (χ3v) is 4.01. The van der Waals surface area contributed by atoms with Gasteiger partial charge in [0.05, 0.1) is 26.1 Å². The summed E-state index contributed by atoms with van der Waals surface area (Å²) >= 11 is 13.1. The molecule has 3 nitrogen and oxygen atoms in total. The minimum atomic E-state index is 0.245. The monoisotopic (exact) mass is 283 g/mol. The average molecular weight is 284 g/mol. The van der Waals surface area contributed by atoms with E-state index < -0.39 is 0 Å². The van der Waals surface area contributed by atoms with Crippen LogP contribution in [0.25, 0.3) is 10.9 Å². The van der Waals surface area contributed by atoms with Crippen LogP contribution in [0, 0.1) is 17.6 Å². The number of rotatable bonds is 1. The zero-order valence-electron chi connectivity index (χ0n) is 8.79. The highest BCUT2D eigenvalue weighted by Gasteiger charge is 2.16. The number of aromatic nitrogens is 1. The van der Waals surface area contributed by atoms with Gasteiger partial charge in [-0.15, -0.1) is 0 Å². The predicted octanol–water partition coefficient (Wildman–Crippen LogP) is 4.01. The van der Waals surface area contributed by atoms with Gasteiger partial charge in [0.1, 0.15) is 5.40 Å². The summed E-state index contributed by atoms with van der Waals surface area (Å²) in [4.78, 5) is 4.92. The van der Waals surface area contributed by atoms with Crippen LogP contribution < -0.4 is 5.73 Å². The Morgan fingerprint density at radius 2 is 2.06 bits per heavy atom. The van der Waals surface area contributed by atoms with Gasteiger partial charge in [0.15, 0.2) is 0 Å². The van der Waals surface area contributed by atoms with Gasteiger partial charge in [0.2, 0.25) is 0 Å². The van der Waals surface area contributed by atoms with Gasteiger partial charge in [-0.25, -0.2) is 0 Å². The molecular weight excluding hydrogens is 277 g/mol. The zero-order chi connectivity index (χ0) is 12.6. The number of nitrogens with two attached hydrogens (primary N) is 1. The molecule has 1 aromatic heterocycles. The van der Waals surface area contributed by atoms with E-state index in [9.17, 15) is 0 Å². The first-order chi connectivity index (χ1) is 8.06. The smallest absolute Gasteiger partial charge is 0.138 e. The van der Waals surface area contributed by atoms with Crippen LogP contribution in [-0.4, -0.2) is 4.98 Å². The highest BCUT2D eigenvalue weighted by molar-refractivity contribution is 8.04. The van der Waals surface area contributed by atoms with Crippen LogP contribution >= 0.6 is 35.0 Å². The molecule has 2 N–H and O–H groups in total. The number of thioether (sulfide) groups is 1. The Bertz CT molecular complexity index is 649. The highest BCUT2D eigenvalue weighted by atomic mass is 35.5. The summed E-state index contributed by atoms with van der Waals surface area (Å²) in [5.74, 6) is 0. The molecule has 0 spiro atoms. The quantitative estimate of drug-likeness (QED) is 0.488. The van der Waals surface area contributed by atoms with E-state index in [0.717, 1.165) is 22.8 Å². The van der Waals surface area contributed by atoms with E-state index in [2.05, 4.69) is 4.98 Å². The summed E-state index contributed by atoms with van der Waals surface area (Å²) < 4.78 is 0. The van der Waals surface area contributed by atoms with Gasteiger partial charge in [0, 0.05) is 11.1 Å². The summed E-state index contributed by atoms with van der Waals surface area (Å²) in [5.41, 5.74) is 7.64. The molecule has 0 amide bonds. The fourth-order valence-corrected chi connectivity index (χ4v) is 2.65. The molecule has 6 heteroatoms. The topological polar surface area (TPSA) is 62.7 Å². The van der Waals surface area contributed by atoms with Gasteiger partial charge >= 0.3 is 0 Å². The van der Waals surface area contributed by atoms with Crippen molar-refractivity contribution in [3.05, 3.63) is 27.9 Å². The van der Waals surface area contributed by atoms with Crippen molar-refractivity contribution in [1.29, 1.82) is 5.26 Å². The molecule has 2 rings (SSSR count). The van der Waals surface area contributed by atoms with Crippen molar-refractivity contribution in [2.75, 3.05) is 5.73 Å². The van der Waals surface area contributed by atoms with Crippen molar-refractivity contribution in [2.45, 2.75) is 11.8 Å². The van der Waals surface area contributed by atoms with Crippen LogP contribution in [0.15, 0.2) is 17.0 Å². The van der Waals surface area contributed by atoms with Crippen molar-refractivity contribution >= 4 is 51.6 Å². The molecule has 0 atom stereocenters. The van der Waals surface area contributed by atoms with E-state index in [1.54, 1.807) is 0 Å². The summed E-state index contributed by atoms with van der Waals surface area (Å²) in [6.07, 6.45) is 0. The lowest BCUT2D eigenvalue weighted by Gasteiger charge is -2.10. The summed E-state index contributed by atoms with van der Waals surface area (Å²) in [6.45, 7) is 1.86. The minimum Gasteiger partial charge on any atom is -0.396 e. The number of hydrogen-bond acceptors (Lipinski definition) is 4. The Balaban J connectivity index is 2.94. The number of aryl methyl sites for hydroxylation is 1. The van der Waals surface area contributed by atoms with E-state index in [0.29, 0.717) is 21.1 Å². The van der Waals surface area contributed by atoms with Crippen molar-refractivity contribution < 1.29 is 0 Å². The standard InChI is InChI=1S/C11H7Cl2N3S/c1-5-2-3-6-10(16-5)9(15)7(12)8(13)11(6)17-4-14/h2-3H,15H2,1H3. The maximum atomic E-state index is 8.78. The number of hydrogen-bond donors (Lipinski definition) is 1. The van der Waals surface area contributed by atoms with Crippen LogP contribution in [0.1, 0.15) is 5.69 Å². The number of thiocyanates is 1. The van der Waals surface area contributed by atoms with Crippen LogP contribution in [0.4, 0.5) is 5.69 Å². The van der Waals surface area contributed by atoms with Gasteiger partial charge in [-0.1, -0.05) is 23.2 Å². The lowest BCUT2D eigenvalue weighted by Crippen LogP contribution is -1.95. The van der Waals surface area contributed by atoms with Crippen LogP contribution in [-0.2, 0) is 0 Å². The normalized spacial score (nSPS) is 10.5. The second kappa shape index (κ2) is 4.61. The first-order valence-corrected chi connectivity index (χ1v) is 6.23. The molecule has 0 bridgehead atoms. The Morgan fingerprint density at radius 1 is 1.35 bits per heavy atom. The van der Waals surface area contributed by atoms with Crippen molar-refractivity contribution in [2.24, 2.45) is 0 Å². The number of halogens is 2. The first-order valence-electron chi connectivity index (χ1n) is 4.66. The SMILES string of the molecule is Cc1ccc2c(SC#N)c(Cl)c(Cl)c(N)c2n1. The lowest BCUT2D eigenvalue weighted by molar-refractivity contribution is 1.25. The van der Waals surface area contributed by atoms with Gasteiger partial charge in [-0.3, -0.25) is 4.98 Å². The Morgan fingerprint density at radius 3 is 2.71 bits per heavy atom. The molecule has 0 unspecified atom stereocenters. The molecule has 0 radical (unpaired) electrons. The van der Waals surface area contributed by atoms with Gasteiger partial charge in [-0.2, -0.15) is 5.26 Å². The molecule has 17 heavy (non-hydrogen) atoms. The summed E-state index contributed by atoms with van der Waals surface area (Å²) in [6, 6.07) is 3.68. The summed E-state index contributed by atoms with van der Waals surface area (Å²) in [7, 11) is 0. The zero-order valence-corrected chi connectivity index (χ0v) is 11.1. The number of pyridine rings is 1. The number of nitrogen functional groups attached to an aromatic ring is 1. The van der Waals surface area contributed by atoms with E-state index in [1.165, 1.54) is 0 Å². The second-order valence-corrected chi connectivity index (χ2v) is 4.96. The fourth-order valence-electron chi connectivity index (χ4n) is 1.53. The van der Waals surface area contributed by atoms with Gasteiger partial charge in [-0.05, 0) is 30.8 Å². The minimum absolute atomic E-state index is 0.245. The molecule has 0 aliphatic heterocycles. The molecule has 0 saturated heterocycles. The highest BCUT2D eigenvalue weighted by Crippen LogP contribution is 2.42. The van der Waals surface area contributed by atoms with E-state index in [1.807, 2.05) is 24.5 Å². The van der Waals surface area contributed by atoms with Gasteiger partial charge < -0.3 is 5.73 Å². The second-order valence-electron chi connectivity index (χ2n) is 3.41. The molecule has 1 aromatic carbocycles. The van der Waals surface area contributed by atoms with Crippen molar-refractivity contribution in [3.63, 3.8) is 0 Å².